The summed E-state index contributed by atoms with van der Waals surface area (Å²) in [5, 5.41) is 0. The zero-order valence-corrected chi connectivity index (χ0v) is 4.46. The van der Waals surface area contributed by atoms with Gasteiger partial charge in [0.05, 0.1) is 0 Å². The Morgan fingerprint density at radius 3 is 2.00 bits per heavy atom. The first-order chi connectivity index (χ1) is 2.27. The van der Waals surface area contributed by atoms with Crippen LogP contribution in [0.3, 0.4) is 0 Å². The molecule has 0 radical (unpaired) electrons. The highest BCUT2D eigenvalue weighted by Crippen LogP contribution is 1.77. The topological polar surface area (TPSA) is 26.0 Å². The average molecular weight is 114 g/mol. The number of hydrogen-bond donors (Lipinski definition) is 1. The van der Waals surface area contributed by atoms with Crippen LogP contribution in [0, 0.1) is 0 Å². The Bertz CT molecular complexity index is 24.8. The first-order valence-electron chi connectivity index (χ1n) is 1.61. The molecule has 0 aromatic heterocycles. The summed E-state index contributed by atoms with van der Waals surface area (Å²) in [7, 11) is 0. The molecule has 0 rings (SSSR count). The van der Waals surface area contributed by atoms with E-state index in [-0.39, 0.29) is 19.0 Å². The Balaban J connectivity index is 0. The zero-order valence-electron chi connectivity index (χ0n) is 3.65. The third kappa shape index (κ3) is 8.89. The number of halogens is 2. The number of hydrogen-bond acceptors (Lipinski definition) is 1. The van der Waals surface area contributed by atoms with Gasteiger partial charge in [-0.25, -0.2) is 4.39 Å². The average Bonchev–Trinajstić information content (AvgIpc) is 1.38. The highest BCUT2D eigenvalue weighted by Gasteiger charge is 1.85. The fourth-order valence-corrected chi connectivity index (χ4v) is 0. The van der Waals surface area contributed by atoms with Gasteiger partial charge in [0.15, 0.2) is 0 Å². The van der Waals surface area contributed by atoms with Crippen molar-refractivity contribution >= 4 is 12.4 Å². The summed E-state index contributed by atoms with van der Waals surface area (Å²) < 4.78 is 11.3. The van der Waals surface area contributed by atoms with Crippen molar-refractivity contribution in [2.45, 2.75) is 13.1 Å². The Labute approximate surface area is 43.1 Å². The van der Waals surface area contributed by atoms with Crippen molar-refractivity contribution < 1.29 is 4.39 Å². The number of alkyl halides is 1. The van der Waals surface area contributed by atoms with Crippen molar-refractivity contribution in [2.24, 2.45) is 5.73 Å². The summed E-state index contributed by atoms with van der Waals surface area (Å²) in [6, 6.07) is 0. The van der Waals surface area contributed by atoms with Gasteiger partial charge in [-0.2, -0.15) is 0 Å². The predicted molar refractivity (Wildman–Crippen MR) is 26.9 cm³/mol. The number of rotatable bonds is 1. The van der Waals surface area contributed by atoms with Gasteiger partial charge in [0, 0.05) is 6.54 Å². The van der Waals surface area contributed by atoms with Crippen molar-refractivity contribution in [1.29, 1.82) is 0 Å². The van der Waals surface area contributed by atoms with Crippen LogP contribution >= 0.6 is 12.4 Å². The maximum Gasteiger partial charge on any atom is 0.109 e. The molecule has 0 bridgehead atoms. The van der Waals surface area contributed by atoms with Gasteiger partial charge in [-0.1, -0.05) is 0 Å². The van der Waals surface area contributed by atoms with Crippen LogP contribution in [0.25, 0.3) is 0 Å². The zero-order chi connectivity index (χ0) is 4.28. The lowest BCUT2D eigenvalue weighted by Gasteiger charge is -1.86. The molecule has 0 aliphatic rings. The molecule has 0 saturated heterocycles. The number of nitrogens with two attached hydrogens (primary N) is 1. The van der Waals surface area contributed by atoms with Crippen LogP contribution < -0.4 is 5.73 Å². The quantitative estimate of drug-likeness (QED) is 0.533. The lowest BCUT2D eigenvalue weighted by atomic mass is 10.5. The van der Waals surface area contributed by atoms with E-state index >= 15 is 0 Å². The summed E-state index contributed by atoms with van der Waals surface area (Å²) in [6.07, 6.45) is -0.838. The molecule has 0 aliphatic carbocycles. The first kappa shape index (κ1) is 9.49. The SMILES string of the molecule is C[C@H](F)CN.Cl. The monoisotopic (exact) mass is 113 g/mol. The Morgan fingerprint density at radius 2 is 2.00 bits per heavy atom. The predicted octanol–water partition coefficient (Wildman–Crippen LogP) is 0.725. The lowest BCUT2D eigenvalue weighted by molar-refractivity contribution is 0.370. The molecule has 0 fully saturated rings. The van der Waals surface area contributed by atoms with E-state index in [0.717, 1.165) is 0 Å². The molecule has 0 amide bonds. The molecule has 6 heavy (non-hydrogen) atoms. The van der Waals surface area contributed by atoms with Crippen LogP contribution in [0.2, 0.25) is 0 Å². The van der Waals surface area contributed by atoms with Crippen LogP contribution in [0.5, 0.6) is 0 Å². The Morgan fingerprint density at radius 1 is 1.83 bits per heavy atom. The van der Waals surface area contributed by atoms with Crippen molar-refractivity contribution in [3.63, 3.8) is 0 Å². The summed E-state index contributed by atoms with van der Waals surface area (Å²) in [5.41, 5.74) is 4.80. The van der Waals surface area contributed by atoms with Crippen LogP contribution in [0.4, 0.5) is 4.39 Å². The molecular weight excluding hydrogens is 104 g/mol. The highest BCUT2D eigenvalue weighted by atomic mass is 35.5. The summed E-state index contributed by atoms with van der Waals surface area (Å²) in [5.74, 6) is 0. The molecule has 2 N–H and O–H groups in total. The fraction of sp³-hybridized carbons (Fsp3) is 1.00. The van der Waals surface area contributed by atoms with E-state index in [2.05, 4.69) is 0 Å². The molecule has 0 spiro atoms. The second-order valence-electron chi connectivity index (χ2n) is 1.02. The highest BCUT2D eigenvalue weighted by molar-refractivity contribution is 5.85. The van der Waals surface area contributed by atoms with E-state index in [1.807, 2.05) is 0 Å². The lowest BCUT2D eigenvalue weighted by Crippen LogP contribution is -2.09. The van der Waals surface area contributed by atoms with Gasteiger partial charge in [-0.15, -0.1) is 12.4 Å². The van der Waals surface area contributed by atoms with Gasteiger partial charge >= 0.3 is 0 Å². The standard InChI is InChI=1S/C3H8FN.ClH/c1-3(4)2-5;/h3H,2,5H2,1H3;1H/t3-;/m0./s1. The van der Waals surface area contributed by atoms with Crippen LogP contribution in [-0.2, 0) is 0 Å². The van der Waals surface area contributed by atoms with E-state index in [9.17, 15) is 4.39 Å². The normalized spacial score (nSPS) is 12.5. The molecule has 0 saturated carbocycles. The molecule has 0 aromatic carbocycles. The van der Waals surface area contributed by atoms with Crippen LogP contribution in [0.15, 0.2) is 0 Å². The van der Waals surface area contributed by atoms with E-state index in [1.165, 1.54) is 6.92 Å². The molecule has 1 atom stereocenters. The van der Waals surface area contributed by atoms with Gasteiger partial charge in [0.1, 0.15) is 6.17 Å². The van der Waals surface area contributed by atoms with Gasteiger partial charge in [-0.3, -0.25) is 0 Å². The molecule has 40 valence electrons. The third-order valence-corrected chi connectivity index (χ3v) is 0.325. The minimum Gasteiger partial charge on any atom is -0.328 e. The van der Waals surface area contributed by atoms with Gasteiger partial charge in [0.2, 0.25) is 0 Å². The van der Waals surface area contributed by atoms with Crippen LogP contribution in [0.1, 0.15) is 6.92 Å². The molecular formula is C3H9ClFN. The summed E-state index contributed by atoms with van der Waals surface area (Å²) in [4.78, 5) is 0. The van der Waals surface area contributed by atoms with E-state index in [0.29, 0.717) is 0 Å². The smallest absolute Gasteiger partial charge is 0.109 e. The molecule has 1 nitrogen and oxygen atoms in total. The summed E-state index contributed by atoms with van der Waals surface area (Å²) in [6.45, 7) is 1.57. The molecule has 0 heterocycles. The van der Waals surface area contributed by atoms with Crippen molar-refractivity contribution in [2.75, 3.05) is 6.54 Å². The molecule has 0 aliphatic heterocycles. The van der Waals surface area contributed by atoms with E-state index in [1.54, 1.807) is 0 Å². The first-order valence-corrected chi connectivity index (χ1v) is 1.61. The molecule has 0 aromatic rings. The Kier molecular flexibility index (Phi) is 8.19. The summed E-state index contributed by atoms with van der Waals surface area (Å²) >= 11 is 0. The Hall–Kier alpha value is 0.180. The maximum absolute atomic E-state index is 11.3. The maximum atomic E-state index is 11.3. The minimum atomic E-state index is -0.838. The third-order valence-electron chi connectivity index (χ3n) is 0.325. The van der Waals surface area contributed by atoms with Gasteiger partial charge < -0.3 is 5.73 Å². The van der Waals surface area contributed by atoms with E-state index in [4.69, 9.17) is 5.73 Å². The molecule has 3 heteroatoms. The molecule has 0 unspecified atom stereocenters. The van der Waals surface area contributed by atoms with Gasteiger partial charge in [0.25, 0.3) is 0 Å². The second kappa shape index (κ2) is 5.18. The van der Waals surface area contributed by atoms with Crippen molar-refractivity contribution in [1.82, 2.24) is 0 Å². The van der Waals surface area contributed by atoms with E-state index < -0.39 is 6.17 Å². The van der Waals surface area contributed by atoms with Crippen LogP contribution in [-0.4, -0.2) is 12.7 Å². The van der Waals surface area contributed by atoms with Crippen molar-refractivity contribution in [3.05, 3.63) is 0 Å². The fourth-order valence-electron chi connectivity index (χ4n) is 0. The second-order valence-corrected chi connectivity index (χ2v) is 1.02. The van der Waals surface area contributed by atoms with Gasteiger partial charge in [-0.05, 0) is 6.92 Å². The largest absolute Gasteiger partial charge is 0.328 e. The minimum absolute atomic E-state index is 0. The van der Waals surface area contributed by atoms with Crippen molar-refractivity contribution in [3.8, 4) is 0 Å².